The van der Waals surface area contributed by atoms with Crippen LogP contribution >= 0.6 is 0 Å². The number of nitrogens with zero attached hydrogens (tertiary/aromatic N) is 2. The Morgan fingerprint density at radius 1 is 1.13 bits per heavy atom. The molecule has 0 fully saturated rings. The van der Waals surface area contributed by atoms with Gasteiger partial charge in [-0.2, -0.15) is 5.10 Å². The fraction of sp³-hybridized carbons (Fsp3) is 0.111. The fourth-order valence-electron chi connectivity index (χ4n) is 2.24. The summed E-state index contributed by atoms with van der Waals surface area (Å²) in [6.45, 7) is 0.538. The summed E-state index contributed by atoms with van der Waals surface area (Å²) in [6, 6.07) is 16.8. The maximum atomic E-state index is 12.2. The third kappa shape index (κ3) is 3.64. The van der Waals surface area contributed by atoms with E-state index in [1.54, 1.807) is 30.1 Å². The van der Waals surface area contributed by atoms with Gasteiger partial charge in [-0.25, -0.2) is 4.68 Å². The second-order valence-corrected chi connectivity index (χ2v) is 5.08. The third-order valence-corrected chi connectivity index (χ3v) is 3.42. The average Bonchev–Trinajstić information content (AvgIpc) is 3.11. The molecule has 0 atom stereocenters. The van der Waals surface area contributed by atoms with E-state index < -0.39 is 0 Å². The van der Waals surface area contributed by atoms with Gasteiger partial charge in [0.2, 0.25) is 0 Å². The van der Waals surface area contributed by atoms with Crippen molar-refractivity contribution in [3.05, 3.63) is 78.1 Å². The van der Waals surface area contributed by atoms with Crippen molar-refractivity contribution < 1.29 is 9.53 Å². The third-order valence-electron chi connectivity index (χ3n) is 3.42. The molecule has 0 saturated carbocycles. The highest BCUT2D eigenvalue weighted by Gasteiger charge is 2.06. The quantitative estimate of drug-likeness (QED) is 0.787. The first-order chi connectivity index (χ1) is 11.3. The minimum atomic E-state index is -0.138. The molecule has 0 aliphatic rings. The summed E-state index contributed by atoms with van der Waals surface area (Å²) in [5.41, 5.74) is 3.33. The number of anilines is 1. The van der Waals surface area contributed by atoms with Gasteiger partial charge >= 0.3 is 0 Å². The molecule has 0 spiro atoms. The molecule has 3 aromatic rings. The van der Waals surface area contributed by atoms with Crippen LogP contribution in [0.2, 0.25) is 0 Å². The van der Waals surface area contributed by atoms with Crippen LogP contribution in [0.1, 0.15) is 15.9 Å². The number of carbonyl (C=O) groups is 1. The molecule has 0 aliphatic heterocycles. The number of benzene rings is 2. The highest BCUT2D eigenvalue weighted by atomic mass is 16.5. The number of amides is 1. The summed E-state index contributed by atoms with van der Waals surface area (Å²) < 4.78 is 6.82. The molecule has 0 unspecified atom stereocenters. The first kappa shape index (κ1) is 15.0. The van der Waals surface area contributed by atoms with Crippen LogP contribution < -0.4 is 5.32 Å². The van der Waals surface area contributed by atoms with Crippen LogP contribution in [0.25, 0.3) is 5.69 Å². The predicted octanol–water partition coefficient (Wildman–Crippen LogP) is 3.27. The Morgan fingerprint density at radius 3 is 2.48 bits per heavy atom. The van der Waals surface area contributed by atoms with E-state index in [9.17, 15) is 4.79 Å². The van der Waals surface area contributed by atoms with E-state index in [-0.39, 0.29) is 5.91 Å². The van der Waals surface area contributed by atoms with Gasteiger partial charge in [-0.15, -0.1) is 0 Å². The molecule has 3 rings (SSSR count). The van der Waals surface area contributed by atoms with Gasteiger partial charge in [-0.05, 0) is 48.0 Å². The van der Waals surface area contributed by atoms with Crippen molar-refractivity contribution in [2.45, 2.75) is 6.61 Å². The molecule has 23 heavy (non-hydrogen) atoms. The molecular formula is C18H17N3O2. The second kappa shape index (κ2) is 6.89. The number of nitrogens with one attached hydrogen (secondary N) is 1. The Kier molecular flexibility index (Phi) is 4.49. The molecule has 0 aliphatic carbocycles. The van der Waals surface area contributed by atoms with Crippen LogP contribution in [0.15, 0.2) is 67.0 Å². The number of carbonyl (C=O) groups excluding carboxylic acids is 1. The topological polar surface area (TPSA) is 56.1 Å². The molecular weight excluding hydrogens is 290 g/mol. The predicted molar refractivity (Wildman–Crippen MR) is 88.7 cm³/mol. The van der Waals surface area contributed by atoms with Crippen LogP contribution in [0.4, 0.5) is 5.69 Å². The van der Waals surface area contributed by atoms with Crippen molar-refractivity contribution in [1.82, 2.24) is 9.78 Å². The van der Waals surface area contributed by atoms with Gasteiger partial charge in [0, 0.05) is 30.8 Å². The van der Waals surface area contributed by atoms with E-state index in [1.165, 1.54) is 0 Å². The first-order valence-electron chi connectivity index (χ1n) is 7.25. The van der Waals surface area contributed by atoms with Crippen LogP contribution in [0, 0.1) is 0 Å². The summed E-state index contributed by atoms with van der Waals surface area (Å²) in [7, 11) is 1.65. The fourth-order valence-corrected chi connectivity index (χ4v) is 2.24. The lowest BCUT2D eigenvalue weighted by Crippen LogP contribution is -2.11. The van der Waals surface area contributed by atoms with Gasteiger partial charge in [0.15, 0.2) is 0 Å². The van der Waals surface area contributed by atoms with Crippen LogP contribution in [-0.4, -0.2) is 22.8 Å². The van der Waals surface area contributed by atoms with Gasteiger partial charge in [0.25, 0.3) is 5.91 Å². The molecule has 1 N–H and O–H groups in total. The van der Waals surface area contributed by atoms with Crippen molar-refractivity contribution >= 4 is 11.6 Å². The Balaban J connectivity index is 1.67. The zero-order valence-corrected chi connectivity index (χ0v) is 12.8. The largest absolute Gasteiger partial charge is 0.380 e. The standard InChI is InChI=1S/C18H17N3O2/c1-23-13-14-3-5-15(6-4-14)18(22)20-16-7-9-17(10-8-16)21-12-2-11-19-21/h2-12H,13H2,1H3,(H,20,22). The van der Waals surface area contributed by atoms with E-state index in [0.717, 1.165) is 16.9 Å². The van der Waals surface area contributed by atoms with Gasteiger partial charge < -0.3 is 10.1 Å². The van der Waals surface area contributed by atoms with Gasteiger partial charge in [-0.1, -0.05) is 12.1 Å². The maximum Gasteiger partial charge on any atom is 0.255 e. The molecule has 0 bridgehead atoms. The zero-order valence-electron chi connectivity index (χ0n) is 12.8. The molecule has 0 saturated heterocycles. The minimum absolute atomic E-state index is 0.138. The highest BCUT2D eigenvalue weighted by molar-refractivity contribution is 6.04. The Labute approximate surface area is 134 Å². The highest BCUT2D eigenvalue weighted by Crippen LogP contribution is 2.14. The average molecular weight is 307 g/mol. The SMILES string of the molecule is COCc1ccc(C(=O)Nc2ccc(-n3cccn3)cc2)cc1. The molecule has 5 nitrogen and oxygen atoms in total. The summed E-state index contributed by atoms with van der Waals surface area (Å²) in [5.74, 6) is -0.138. The lowest BCUT2D eigenvalue weighted by Gasteiger charge is -2.07. The van der Waals surface area contributed by atoms with E-state index in [0.29, 0.717) is 12.2 Å². The van der Waals surface area contributed by atoms with Crippen molar-refractivity contribution in [3.8, 4) is 5.69 Å². The first-order valence-corrected chi connectivity index (χ1v) is 7.25. The van der Waals surface area contributed by atoms with Crippen LogP contribution in [0.3, 0.4) is 0 Å². The van der Waals surface area contributed by atoms with E-state index in [4.69, 9.17) is 4.74 Å². The molecule has 1 heterocycles. The zero-order chi connectivity index (χ0) is 16.1. The molecule has 0 radical (unpaired) electrons. The number of hydrogen-bond donors (Lipinski definition) is 1. The van der Waals surface area contributed by atoms with Crippen molar-refractivity contribution in [2.24, 2.45) is 0 Å². The van der Waals surface area contributed by atoms with Crippen molar-refractivity contribution in [3.63, 3.8) is 0 Å². The lowest BCUT2D eigenvalue weighted by molar-refractivity contribution is 0.102. The molecule has 1 aromatic heterocycles. The summed E-state index contributed by atoms with van der Waals surface area (Å²) in [5, 5.41) is 7.05. The van der Waals surface area contributed by atoms with Gasteiger partial charge in [0.05, 0.1) is 12.3 Å². The number of rotatable bonds is 5. The molecule has 116 valence electrons. The van der Waals surface area contributed by atoms with Crippen LogP contribution in [-0.2, 0) is 11.3 Å². The van der Waals surface area contributed by atoms with Gasteiger partial charge in [-0.3, -0.25) is 4.79 Å². The molecule has 2 aromatic carbocycles. The maximum absolute atomic E-state index is 12.2. The van der Waals surface area contributed by atoms with Crippen LogP contribution in [0.5, 0.6) is 0 Å². The Bertz CT molecular complexity index is 763. The summed E-state index contributed by atoms with van der Waals surface area (Å²) in [6.07, 6.45) is 3.60. The lowest BCUT2D eigenvalue weighted by atomic mass is 10.1. The van der Waals surface area contributed by atoms with Crippen molar-refractivity contribution in [2.75, 3.05) is 12.4 Å². The summed E-state index contributed by atoms with van der Waals surface area (Å²) >= 11 is 0. The monoisotopic (exact) mass is 307 g/mol. The number of aromatic nitrogens is 2. The Hall–Kier alpha value is -2.92. The molecule has 1 amide bonds. The van der Waals surface area contributed by atoms with E-state index in [1.807, 2.05) is 48.7 Å². The number of hydrogen-bond acceptors (Lipinski definition) is 3. The Morgan fingerprint density at radius 2 is 1.87 bits per heavy atom. The number of methoxy groups -OCH3 is 1. The smallest absolute Gasteiger partial charge is 0.255 e. The summed E-state index contributed by atoms with van der Waals surface area (Å²) in [4.78, 5) is 12.2. The second-order valence-electron chi connectivity index (χ2n) is 5.08. The van der Waals surface area contributed by atoms with E-state index >= 15 is 0 Å². The minimum Gasteiger partial charge on any atom is -0.380 e. The van der Waals surface area contributed by atoms with E-state index in [2.05, 4.69) is 10.4 Å². The van der Waals surface area contributed by atoms with Gasteiger partial charge in [0.1, 0.15) is 0 Å². The normalized spacial score (nSPS) is 10.5. The van der Waals surface area contributed by atoms with Crippen molar-refractivity contribution in [1.29, 1.82) is 0 Å². The number of ether oxygens (including phenoxy) is 1. The molecule has 5 heteroatoms.